The Morgan fingerprint density at radius 2 is 1.76 bits per heavy atom. The minimum absolute atomic E-state index is 0.0364. The number of benzene rings is 2. The van der Waals surface area contributed by atoms with E-state index >= 15 is 4.39 Å². The molecule has 12 nitrogen and oxygen atoms in total. The molecular weight excluding hydrogens is 803 g/mol. The maximum absolute atomic E-state index is 15.7. The van der Waals surface area contributed by atoms with Crippen LogP contribution in [0, 0.1) is 17.6 Å². The summed E-state index contributed by atoms with van der Waals surface area (Å²) in [7, 11) is 0. The molecule has 3 atom stereocenters. The largest absolute Gasteiger partial charge is 0.482 e. The van der Waals surface area contributed by atoms with E-state index < -0.39 is 35.7 Å². The van der Waals surface area contributed by atoms with Gasteiger partial charge in [-0.05, 0) is 118 Å². The number of pyridine rings is 1. The van der Waals surface area contributed by atoms with Gasteiger partial charge in [0.15, 0.2) is 17.9 Å². The molecular formula is C43H45Cl2F2N7O5. The number of piperidine rings is 2. The smallest absolute Gasteiger partial charge is 0.243 e. The summed E-state index contributed by atoms with van der Waals surface area (Å²) in [6, 6.07) is 6.13. The zero-order valence-corrected chi connectivity index (χ0v) is 34.0. The van der Waals surface area contributed by atoms with Crippen molar-refractivity contribution in [1.82, 2.24) is 29.9 Å². The predicted molar refractivity (Wildman–Crippen MR) is 217 cm³/mol. The number of Topliss-reactive ketones (excluding diaryl/α,β-unsaturated/α-hetero) is 1. The first-order valence-corrected chi connectivity index (χ1v) is 20.9. The highest BCUT2D eigenvalue weighted by Crippen LogP contribution is 2.42. The van der Waals surface area contributed by atoms with Gasteiger partial charge in [0.05, 0.1) is 23.3 Å². The van der Waals surface area contributed by atoms with Gasteiger partial charge in [0.1, 0.15) is 23.8 Å². The maximum atomic E-state index is 15.7. The summed E-state index contributed by atoms with van der Waals surface area (Å²) in [4.78, 5) is 57.6. The van der Waals surface area contributed by atoms with Crippen LogP contribution in [0.15, 0.2) is 48.9 Å². The normalized spacial score (nSPS) is 23.5. The first kappa shape index (κ1) is 41.0. The highest BCUT2D eigenvalue weighted by molar-refractivity contribution is 6.36. The van der Waals surface area contributed by atoms with Crippen molar-refractivity contribution in [1.29, 1.82) is 0 Å². The molecule has 1 saturated carbocycles. The molecule has 2 unspecified atom stereocenters. The summed E-state index contributed by atoms with van der Waals surface area (Å²) in [6.07, 6.45) is 11.0. The molecule has 0 bridgehead atoms. The second kappa shape index (κ2) is 17.1. The highest BCUT2D eigenvalue weighted by Gasteiger charge is 2.44. The zero-order chi connectivity index (χ0) is 41.5. The van der Waals surface area contributed by atoms with Crippen LogP contribution < -0.4 is 15.8 Å². The van der Waals surface area contributed by atoms with E-state index in [9.17, 15) is 23.6 Å². The molecule has 4 aromatic rings. The number of rotatable bonds is 11. The fraction of sp³-hybridized carbons (Fsp3) is 0.442. The van der Waals surface area contributed by atoms with E-state index in [4.69, 9.17) is 38.8 Å². The molecule has 3 N–H and O–H groups in total. The molecule has 59 heavy (non-hydrogen) atoms. The molecule has 0 spiro atoms. The van der Waals surface area contributed by atoms with Crippen LogP contribution in [0.5, 0.6) is 5.75 Å². The van der Waals surface area contributed by atoms with Gasteiger partial charge < -0.3 is 15.4 Å². The topological polar surface area (TPSA) is 153 Å². The van der Waals surface area contributed by atoms with Gasteiger partial charge in [-0.15, -0.1) is 0 Å². The number of halogens is 4. The Morgan fingerprint density at radius 3 is 2.49 bits per heavy atom. The van der Waals surface area contributed by atoms with Crippen molar-refractivity contribution in [2.45, 2.75) is 95.0 Å². The first-order valence-electron chi connectivity index (χ1n) is 20.1. The highest BCUT2D eigenvalue weighted by atomic mass is 35.5. The molecule has 8 rings (SSSR count). The average Bonchev–Trinajstić information content (AvgIpc) is 3.86. The number of hydrogen-bond acceptors (Lipinski definition) is 10. The quantitative estimate of drug-likeness (QED) is 0.0681. The number of carbonyl (C=O) groups excluding carboxylic acids is 4. The summed E-state index contributed by atoms with van der Waals surface area (Å²) < 4.78 is 38.0. The third-order valence-electron chi connectivity index (χ3n) is 12.6. The molecule has 2 amide bonds. The number of aromatic nitrogens is 3. The van der Waals surface area contributed by atoms with Crippen molar-refractivity contribution in [2.24, 2.45) is 5.92 Å². The van der Waals surface area contributed by atoms with Crippen LogP contribution in [-0.4, -0.2) is 74.1 Å². The lowest BCUT2D eigenvalue weighted by atomic mass is 9.83. The molecule has 1 aliphatic carbocycles. The van der Waals surface area contributed by atoms with Gasteiger partial charge in [0.25, 0.3) is 0 Å². The summed E-state index contributed by atoms with van der Waals surface area (Å²) in [5.74, 6) is -1.50. The zero-order valence-electron chi connectivity index (χ0n) is 32.5. The monoisotopic (exact) mass is 847 g/mol. The Hall–Kier alpha value is -4.76. The molecule has 0 radical (unpaired) electrons. The van der Waals surface area contributed by atoms with E-state index in [0.717, 1.165) is 69.3 Å². The molecule has 2 aromatic heterocycles. The van der Waals surface area contributed by atoms with E-state index in [2.05, 4.69) is 15.2 Å². The minimum atomic E-state index is -0.986. The maximum Gasteiger partial charge on any atom is 0.243 e. The number of imide groups is 1. The van der Waals surface area contributed by atoms with Crippen molar-refractivity contribution in [3.05, 3.63) is 92.9 Å². The first-order chi connectivity index (χ1) is 28.4. The standard InChI is InChI=1S/C43H45Cl2F2N7O5/c1-23(39-32(44)6-7-33(46)40(39)45)59-37-15-26(17-49-42(37)48)28-18-50-54(21-28)29-4-2-24(3-5-29)19-52-12-10-25(11-13-52)30-16-31-27(14-34(30)47)20-53(41(31)36(56)22-55)35-8-9-38(57)51-43(35)58/h6-7,14-18,21-25,29,35,41H,2-5,8-13,19-20H2,1H3,(H2,48,49)(H,51,57,58)/t23-,24?,29?,35?,41?/m1/s1. The Labute approximate surface area is 350 Å². The lowest BCUT2D eigenvalue weighted by Gasteiger charge is -2.37. The number of nitrogens with two attached hydrogens (primary N) is 1. The number of carbonyl (C=O) groups is 4. The molecule has 310 valence electrons. The van der Waals surface area contributed by atoms with E-state index in [1.54, 1.807) is 36.4 Å². The van der Waals surface area contributed by atoms with Crippen molar-refractivity contribution >= 4 is 52.9 Å². The lowest BCUT2D eigenvalue weighted by Crippen LogP contribution is -2.52. The number of amides is 2. The van der Waals surface area contributed by atoms with Crippen LogP contribution >= 0.6 is 23.2 Å². The van der Waals surface area contributed by atoms with Gasteiger partial charge in [0, 0.05) is 53.6 Å². The number of nitrogen functional groups attached to an aromatic ring is 1. The number of anilines is 1. The summed E-state index contributed by atoms with van der Waals surface area (Å²) in [5.41, 5.74) is 9.81. The summed E-state index contributed by atoms with van der Waals surface area (Å²) in [5, 5.41) is 7.20. The molecule has 5 heterocycles. The van der Waals surface area contributed by atoms with Gasteiger partial charge in [-0.2, -0.15) is 5.10 Å². The predicted octanol–water partition coefficient (Wildman–Crippen LogP) is 7.29. The number of ether oxygens (including phenoxy) is 1. The van der Waals surface area contributed by atoms with Crippen molar-refractivity contribution in [3.8, 4) is 16.9 Å². The second-order valence-electron chi connectivity index (χ2n) is 16.2. The molecule has 3 aliphatic heterocycles. The Morgan fingerprint density at radius 1 is 1.00 bits per heavy atom. The Balaban J connectivity index is 0.849. The van der Waals surface area contributed by atoms with Gasteiger partial charge in [-0.25, -0.2) is 13.8 Å². The van der Waals surface area contributed by atoms with Gasteiger partial charge >= 0.3 is 0 Å². The van der Waals surface area contributed by atoms with Crippen molar-refractivity contribution in [3.63, 3.8) is 0 Å². The van der Waals surface area contributed by atoms with Crippen LogP contribution in [0.2, 0.25) is 10.0 Å². The van der Waals surface area contributed by atoms with E-state index in [0.29, 0.717) is 33.9 Å². The van der Waals surface area contributed by atoms with Gasteiger partial charge in [-0.3, -0.25) is 34.1 Å². The molecule has 3 fully saturated rings. The SMILES string of the molecule is C[C@@H](Oc1cc(-c2cnn(C3CCC(CN4CCC(c5cc6c(cc5F)CN(C5CCC(=O)NC5=O)C6C(=O)C=O)CC4)CC3)c2)cnc1N)c1c(Cl)ccc(F)c1Cl. The third-order valence-corrected chi connectivity index (χ3v) is 13.3. The number of likely N-dealkylation sites (tertiary alicyclic amines) is 1. The van der Waals surface area contributed by atoms with Crippen molar-refractivity contribution in [2.75, 3.05) is 25.4 Å². The van der Waals surface area contributed by atoms with Crippen LogP contribution in [0.1, 0.15) is 105 Å². The summed E-state index contributed by atoms with van der Waals surface area (Å²) in [6.45, 7) is 4.48. The van der Waals surface area contributed by atoms with Crippen LogP contribution in [-0.2, 0) is 25.7 Å². The number of aldehydes is 1. The minimum Gasteiger partial charge on any atom is -0.482 e. The van der Waals surface area contributed by atoms with Crippen molar-refractivity contribution < 1.29 is 32.7 Å². The average molecular weight is 849 g/mol. The third kappa shape index (κ3) is 8.37. The number of nitrogens with one attached hydrogen (secondary N) is 1. The molecule has 2 saturated heterocycles. The van der Waals surface area contributed by atoms with Crippen LogP contribution in [0.25, 0.3) is 11.1 Å². The summed E-state index contributed by atoms with van der Waals surface area (Å²) >= 11 is 12.5. The van der Waals surface area contributed by atoms with Gasteiger partial charge in [0.2, 0.25) is 17.6 Å². The molecule has 4 aliphatic rings. The van der Waals surface area contributed by atoms with Crippen LogP contribution in [0.4, 0.5) is 14.6 Å². The van der Waals surface area contributed by atoms with E-state index in [1.807, 2.05) is 10.9 Å². The fourth-order valence-corrected chi connectivity index (χ4v) is 10.1. The second-order valence-corrected chi connectivity index (χ2v) is 17.0. The number of nitrogens with zero attached hydrogens (tertiary/aromatic N) is 5. The lowest BCUT2D eigenvalue weighted by molar-refractivity contribution is -0.141. The fourth-order valence-electron chi connectivity index (χ4n) is 9.43. The number of fused-ring (bicyclic) bond motifs is 1. The van der Waals surface area contributed by atoms with E-state index in [-0.39, 0.29) is 65.2 Å². The van der Waals surface area contributed by atoms with Crippen LogP contribution in [0.3, 0.4) is 0 Å². The molecule has 16 heteroatoms. The van der Waals surface area contributed by atoms with E-state index in [1.165, 1.54) is 18.2 Å². The number of ketones is 1. The number of hydrogen-bond donors (Lipinski definition) is 2. The molecule has 2 aromatic carbocycles. The van der Waals surface area contributed by atoms with Gasteiger partial charge in [-0.1, -0.05) is 29.3 Å². The Kier molecular flexibility index (Phi) is 11.9. The Bertz CT molecular complexity index is 2290.